The summed E-state index contributed by atoms with van der Waals surface area (Å²) in [6, 6.07) is 4.87. The van der Waals surface area contributed by atoms with Gasteiger partial charge in [0.2, 0.25) is 0 Å². The van der Waals surface area contributed by atoms with Gasteiger partial charge in [-0.2, -0.15) is 0 Å². The van der Waals surface area contributed by atoms with E-state index < -0.39 is 0 Å². The number of Topliss-reactive ketones (excluding diaryl/α,β-unsaturated/α-hetero) is 1. The minimum Gasteiger partial charge on any atom is -0.482 e. The van der Waals surface area contributed by atoms with Crippen molar-refractivity contribution < 1.29 is 14.3 Å². The Labute approximate surface area is 134 Å². The summed E-state index contributed by atoms with van der Waals surface area (Å²) >= 11 is 11.8. The molecule has 2 rings (SSSR count). The molecule has 1 saturated heterocycles. The highest BCUT2D eigenvalue weighted by Crippen LogP contribution is 2.27. The molecule has 1 heterocycles. The number of carbonyl (C=O) groups excluding carboxylic acids is 2. The van der Waals surface area contributed by atoms with Gasteiger partial charge in [-0.15, -0.1) is 0 Å². The fourth-order valence-corrected chi connectivity index (χ4v) is 2.82. The van der Waals surface area contributed by atoms with Crippen molar-refractivity contribution in [1.29, 1.82) is 0 Å². The smallest absolute Gasteiger partial charge is 0.260 e. The third kappa shape index (κ3) is 4.35. The summed E-state index contributed by atoms with van der Waals surface area (Å²) in [5.74, 6) is 0.628. The summed E-state index contributed by atoms with van der Waals surface area (Å²) in [5, 5.41) is 0.899. The molecule has 0 N–H and O–H groups in total. The maximum absolute atomic E-state index is 12.1. The number of benzene rings is 1. The molecule has 6 heteroatoms. The monoisotopic (exact) mass is 329 g/mol. The van der Waals surface area contributed by atoms with Crippen molar-refractivity contribution >= 4 is 34.9 Å². The summed E-state index contributed by atoms with van der Waals surface area (Å²) in [5.41, 5.74) is 0. The van der Waals surface area contributed by atoms with E-state index in [0.717, 1.165) is 12.8 Å². The molecule has 0 spiro atoms. The SMILES string of the molecule is CC(=O)C1CCN(C(=O)COc2ccc(Cl)cc2Cl)CC1. The van der Waals surface area contributed by atoms with E-state index in [1.54, 1.807) is 30.0 Å². The van der Waals surface area contributed by atoms with Crippen LogP contribution < -0.4 is 4.74 Å². The molecule has 1 aromatic carbocycles. The number of ketones is 1. The van der Waals surface area contributed by atoms with Gasteiger partial charge in [0.25, 0.3) is 5.91 Å². The molecular formula is C15H17Cl2NO3. The second-order valence-electron chi connectivity index (χ2n) is 5.13. The van der Waals surface area contributed by atoms with Crippen LogP contribution in [-0.2, 0) is 9.59 Å². The Morgan fingerprint density at radius 1 is 1.29 bits per heavy atom. The van der Waals surface area contributed by atoms with Gasteiger partial charge in [0, 0.05) is 24.0 Å². The Balaban J connectivity index is 1.84. The molecule has 1 fully saturated rings. The van der Waals surface area contributed by atoms with Gasteiger partial charge in [0.1, 0.15) is 11.5 Å². The normalized spacial score (nSPS) is 15.9. The fraction of sp³-hybridized carbons (Fsp3) is 0.467. The highest BCUT2D eigenvalue weighted by molar-refractivity contribution is 6.35. The number of ether oxygens (including phenoxy) is 1. The number of nitrogens with zero attached hydrogens (tertiary/aromatic N) is 1. The van der Waals surface area contributed by atoms with Crippen molar-refractivity contribution in [3.8, 4) is 5.75 Å². The first-order valence-corrected chi connectivity index (χ1v) is 7.59. The molecule has 1 aromatic rings. The molecule has 0 aromatic heterocycles. The van der Waals surface area contributed by atoms with Crippen LogP contribution in [-0.4, -0.2) is 36.3 Å². The lowest BCUT2D eigenvalue weighted by atomic mass is 9.93. The summed E-state index contributed by atoms with van der Waals surface area (Å²) in [7, 11) is 0. The summed E-state index contributed by atoms with van der Waals surface area (Å²) < 4.78 is 5.43. The van der Waals surface area contributed by atoms with Crippen LogP contribution in [0.5, 0.6) is 5.75 Å². The van der Waals surface area contributed by atoms with Crippen molar-refractivity contribution in [2.75, 3.05) is 19.7 Å². The Kier molecular flexibility index (Phi) is 5.48. The second kappa shape index (κ2) is 7.14. The standard InChI is InChI=1S/C15H17Cl2NO3/c1-10(19)11-4-6-18(7-5-11)15(20)9-21-14-3-2-12(16)8-13(14)17/h2-3,8,11H,4-7,9H2,1H3. The van der Waals surface area contributed by atoms with Crippen molar-refractivity contribution in [3.63, 3.8) is 0 Å². The Hall–Kier alpha value is -1.26. The number of halogens is 2. The summed E-state index contributed by atoms with van der Waals surface area (Å²) in [4.78, 5) is 25.1. The largest absolute Gasteiger partial charge is 0.482 e. The molecule has 0 unspecified atom stereocenters. The number of piperidine rings is 1. The number of hydrogen-bond donors (Lipinski definition) is 0. The molecule has 114 valence electrons. The molecule has 1 aliphatic heterocycles. The quantitative estimate of drug-likeness (QED) is 0.852. The average Bonchev–Trinajstić information content (AvgIpc) is 2.46. The van der Waals surface area contributed by atoms with Gasteiger partial charge < -0.3 is 9.64 Å². The number of amides is 1. The molecule has 0 aliphatic carbocycles. The first kappa shape index (κ1) is 16.1. The molecule has 1 amide bonds. The molecule has 0 bridgehead atoms. The Bertz CT molecular complexity index is 540. The van der Waals surface area contributed by atoms with E-state index in [-0.39, 0.29) is 24.2 Å². The first-order chi connectivity index (χ1) is 9.97. The van der Waals surface area contributed by atoms with Gasteiger partial charge in [0.05, 0.1) is 5.02 Å². The van der Waals surface area contributed by atoms with Gasteiger partial charge >= 0.3 is 0 Å². The topological polar surface area (TPSA) is 46.6 Å². The predicted molar refractivity (Wildman–Crippen MR) is 81.9 cm³/mol. The van der Waals surface area contributed by atoms with E-state index in [2.05, 4.69) is 0 Å². The third-order valence-electron chi connectivity index (χ3n) is 3.67. The Morgan fingerprint density at radius 3 is 2.52 bits per heavy atom. The van der Waals surface area contributed by atoms with Gasteiger partial charge in [-0.1, -0.05) is 23.2 Å². The second-order valence-corrected chi connectivity index (χ2v) is 5.97. The van der Waals surface area contributed by atoms with Crippen LogP contribution in [0.1, 0.15) is 19.8 Å². The molecule has 0 saturated carbocycles. The molecule has 4 nitrogen and oxygen atoms in total. The van der Waals surface area contributed by atoms with Crippen LogP contribution in [0.25, 0.3) is 0 Å². The predicted octanol–water partition coefficient (Wildman–Crippen LogP) is 3.20. The zero-order chi connectivity index (χ0) is 15.4. The van der Waals surface area contributed by atoms with Gasteiger partial charge in [-0.05, 0) is 38.0 Å². The lowest BCUT2D eigenvalue weighted by Gasteiger charge is -2.30. The molecular weight excluding hydrogens is 313 g/mol. The molecule has 0 atom stereocenters. The maximum Gasteiger partial charge on any atom is 0.260 e. The zero-order valence-electron chi connectivity index (χ0n) is 11.8. The van der Waals surface area contributed by atoms with Crippen molar-refractivity contribution in [1.82, 2.24) is 4.90 Å². The highest BCUT2D eigenvalue weighted by atomic mass is 35.5. The lowest BCUT2D eigenvalue weighted by Crippen LogP contribution is -2.42. The maximum atomic E-state index is 12.1. The van der Waals surface area contributed by atoms with Crippen LogP contribution in [0.2, 0.25) is 10.0 Å². The number of rotatable bonds is 4. The van der Waals surface area contributed by atoms with E-state index >= 15 is 0 Å². The summed E-state index contributed by atoms with van der Waals surface area (Å²) in [6.45, 7) is 2.74. The molecule has 1 aliphatic rings. The molecule has 0 radical (unpaired) electrons. The van der Waals surface area contributed by atoms with Crippen LogP contribution in [0.3, 0.4) is 0 Å². The van der Waals surface area contributed by atoms with E-state index in [0.29, 0.717) is 28.9 Å². The van der Waals surface area contributed by atoms with Crippen molar-refractivity contribution in [2.24, 2.45) is 5.92 Å². The highest BCUT2D eigenvalue weighted by Gasteiger charge is 2.25. The van der Waals surface area contributed by atoms with Crippen molar-refractivity contribution in [3.05, 3.63) is 28.2 Å². The van der Waals surface area contributed by atoms with E-state index in [4.69, 9.17) is 27.9 Å². The van der Waals surface area contributed by atoms with Crippen LogP contribution in [0, 0.1) is 5.92 Å². The minimum atomic E-state index is -0.0944. The first-order valence-electron chi connectivity index (χ1n) is 6.83. The average molecular weight is 330 g/mol. The lowest BCUT2D eigenvalue weighted by molar-refractivity contribution is -0.136. The van der Waals surface area contributed by atoms with Crippen LogP contribution >= 0.6 is 23.2 Å². The van der Waals surface area contributed by atoms with E-state index in [1.165, 1.54) is 0 Å². The number of carbonyl (C=O) groups is 2. The zero-order valence-corrected chi connectivity index (χ0v) is 13.3. The van der Waals surface area contributed by atoms with Gasteiger partial charge in [-0.25, -0.2) is 0 Å². The fourth-order valence-electron chi connectivity index (χ4n) is 2.36. The van der Waals surface area contributed by atoms with E-state index in [9.17, 15) is 9.59 Å². The number of hydrogen-bond acceptors (Lipinski definition) is 3. The van der Waals surface area contributed by atoms with Gasteiger partial charge in [-0.3, -0.25) is 9.59 Å². The molecule has 21 heavy (non-hydrogen) atoms. The van der Waals surface area contributed by atoms with Gasteiger partial charge in [0.15, 0.2) is 6.61 Å². The Morgan fingerprint density at radius 2 is 1.95 bits per heavy atom. The minimum absolute atomic E-state index is 0.0634. The summed E-state index contributed by atoms with van der Waals surface area (Å²) in [6.07, 6.45) is 1.45. The number of likely N-dealkylation sites (tertiary alicyclic amines) is 1. The van der Waals surface area contributed by atoms with E-state index in [1.807, 2.05) is 0 Å². The van der Waals surface area contributed by atoms with Crippen molar-refractivity contribution in [2.45, 2.75) is 19.8 Å². The van der Waals surface area contributed by atoms with Crippen LogP contribution in [0.4, 0.5) is 0 Å². The van der Waals surface area contributed by atoms with Crippen LogP contribution in [0.15, 0.2) is 18.2 Å². The third-order valence-corrected chi connectivity index (χ3v) is 4.20.